The smallest absolute Gasteiger partial charge is 0.230 e. The fraction of sp³-hybridized carbons (Fsp3) is 0.517. The van der Waals surface area contributed by atoms with Crippen molar-refractivity contribution in [2.75, 3.05) is 57.3 Å². The molecule has 2 aromatic carbocycles. The van der Waals surface area contributed by atoms with E-state index in [1.807, 2.05) is 34.1 Å². The van der Waals surface area contributed by atoms with Gasteiger partial charge in [0.05, 0.1) is 0 Å². The Labute approximate surface area is 220 Å². The van der Waals surface area contributed by atoms with E-state index in [9.17, 15) is 9.59 Å². The van der Waals surface area contributed by atoms with E-state index >= 15 is 0 Å². The van der Waals surface area contributed by atoms with Gasteiger partial charge in [0.2, 0.25) is 11.8 Å². The van der Waals surface area contributed by atoms with E-state index < -0.39 is 0 Å². The van der Waals surface area contributed by atoms with E-state index in [1.54, 1.807) is 6.92 Å². The predicted octanol–water partition coefficient (Wildman–Crippen LogP) is 4.45. The second-order valence-corrected chi connectivity index (χ2v) is 10.6. The largest absolute Gasteiger partial charge is 0.343 e. The number of aryl methyl sites for hydroxylation is 1. The van der Waals surface area contributed by atoms with Crippen molar-refractivity contribution < 1.29 is 9.59 Å². The first kappa shape index (κ1) is 26.6. The molecule has 6 nitrogen and oxygen atoms in total. The first-order valence-electron chi connectivity index (χ1n) is 13.2. The molecule has 2 saturated heterocycles. The summed E-state index contributed by atoms with van der Waals surface area (Å²) < 4.78 is 0. The number of piperazine rings is 1. The standard InChI is InChI=1S/C29H39ClN4O2/c1-23-7-9-25(10-8-23)22-32-19-17-31(18-20-32)13-4-14-34(28-6-3-5-27(30)21-28)29(36)26-11-15-33(16-12-26)24(2)35/h3,5-10,21,26H,4,11-20,22H2,1-2H3. The predicted molar refractivity (Wildman–Crippen MR) is 146 cm³/mol. The molecule has 2 fully saturated rings. The van der Waals surface area contributed by atoms with Gasteiger partial charge in [-0.2, -0.15) is 0 Å². The minimum Gasteiger partial charge on any atom is -0.343 e. The Hall–Kier alpha value is -2.41. The monoisotopic (exact) mass is 510 g/mol. The van der Waals surface area contributed by atoms with Gasteiger partial charge >= 0.3 is 0 Å². The van der Waals surface area contributed by atoms with Crippen molar-refractivity contribution in [2.45, 2.75) is 39.7 Å². The minimum absolute atomic E-state index is 0.0510. The van der Waals surface area contributed by atoms with Crippen LogP contribution in [0.1, 0.15) is 37.3 Å². The number of carbonyl (C=O) groups is 2. The van der Waals surface area contributed by atoms with Crippen LogP contribution in [0.4, 0.5) is 5.69 Å². The van der Waals surface area contributed by atoms with Crippen LogP contribution in [-0.2, 0) is 16.1 Å². The van der Waals surface area contributed by atoms with E-state index in [-0.39, 0.29) is 17.7 Å². The van der Waals surface area contributed by atoms with Crippen LogP contribution >= 0.6 is 11.6 Å². The Morgan fingerprint density at radius 2 is 1.61 bits per heavy atom. The minimum atomic E-state index is -0.0510. The lowest BCUT2D eigenvalue weighted by Gasteiger charge is -2.36. The van der Waals surface area contributed by atoms with Crippen molar-refractivity contribution in [3.05, 3.63) is 64.7 Å². The van der Waals surface area contributed by atoms with E-state index in [2.05, 4.69) is 41.0 Å². The first-order valence-corrected chi connectivity index (χ1v) is 13.6. The van der Waals surface area contributed by atoms with Gasteiger partial charge in [0.25, 0.3) is 0 Å². The third-order valence-electron chi connectivity index (χ3n) is 7.52. The number of rotatable bonds is 8. The van der Waals surface area contributed by atoms with Crippen LogP contribution in [0.3, 0.4) is 0 Å². The number of nitrogens with zero attached hydrogens (tertiary/aromatic N) is 4. The number of hydrogen-bond acceptors (Lipinski definition) is 4. The van der Waals surface area contributed by atoms with Gasteiger partial charge in [-0.05, 0) is 56.5 Å². The number of carbonyl (C=O) groups excluding carboxylic acids is 2. The summed E-state index contributed by atoms with van der Waals surface area (Å²) in [5.41, 5.74) is 3.54. The topological polar surface area (TPSA) is 47.1 Å². The van der Waals surface area contributed by atoms with Crippen LogP contribution in [0.25, 0.3) is 0 Å². The second kappa shape index (κ2) is 12.7. The highest BCUT2D eigenvalue weighted by atomic mass is 35.5. The number of hydrogen-bond donors (Lipinski definition) is 0. The molecule has 0 bridgehead atoms. The van der Waals surface area contributed by atoms with Gasteiger partial charge in [-0.1, -0.05) is 47.5 Å². The molecule has 0 unspecified atom stereocenters. The van der Waals surface area contributed by atoms with E-state index in [0.717, 1.165) is 64.2 Å². The Kier molecular flexibility index (Phi) is 9.41. The first-order chi connectivity index (χ1) is 17.4. The number of amides is 2. The van der Waals surface area contributed by atoms with Gasteiger partial charge < -0.3 is 14.7 Å². The molecule has 2 amide bonds. The van der Waals surface area contributed by atoms with Gasteiger partial charge in [0, 0.05) is 75.9 Å². The second-order valence-electron chi connectivity index (χ2n) is 10.2. The average Bonchev–Trinajstić information content (AvgIpc) is 2.88. The Bertz CT molecular complexity index is 1010. The molecule has 2 aliphatic rings. The molecule has 0 N–H and O–H groups in total. The zero-order chi connectivity index (χ0) is 25.5. The molecule has 0 aliphatic carbocycles. The summed E-state index contributed by atoms with van der Waals surface area (Å²) in [6, 6.07) is 16.4. The number of anilines is 1. The summed E-state index contributed by atoms with van der Waals surface area (Å²) in [6.07, 6.45) is 2.36. The van der Waals surface area contributed by atoms with Crippen LogP contribution in [0, 0.1) is 12.8 Å². The SMILES string of the molecule is CC(=O)N1CCC(C(=O)N(CCCN2CCN(Cc3ccc(C)cc3)CC2)c2cccc(Cl)c2)CC1. The van der Waals surface area contributed by atoms with Crippen LogP contribution in [0.15, 0.2) is 48.5 Å². The molecule has 2 heterocycles. The molecule has 0 spiro atoms. The molecule has 4 rings (SSSR count). The highest BCUT2D eigenvalue weighted by Crippen LogP contribution is 2.26. The summed E-state index contributed by atoms with van der Waals surface area (Å²) in [6.45, 7) is 11.9. The molecule has 0 radical (unpaired) electrons. The Balaban J connectivity index is 1.28. The van der Waals surface area contributed by atoms with Crippen molar-refractivity contribution in [1.82, 2.24) is 14.7 Å². The van der Waals surface area contributed by atoms with Gasteiger partial charge in [0.15, 0.2) is 0 Å². The van der Waals surface area contributed by atoms with E-state index in [1.165, 1.54) is 11.1 Å². The number of piperidine rings is 1. The summed E-state index contributed by atoms with van der Waals surface area (Å²) in [5, 5.41) is 0.640. The fourth-order valence-corrected chi connectivity index (χ4v) is 5.43. The molecular weight excluding hydrogens is 472 g/mol. The molecule has 0 saturated carbocycles. The molecule has 0 aromatic heterocycles. The van der Waals surface area contributed by atoms with Gasteiger partial charge in [-0.25, -0.2) is 0 Å². The van der Waals surface area contributed by atoms with Crippen molar-refractivity contribution >= 4 is 29.1 Å². The van der Waals surface area contributed by atoms with Gasteiger partial charge in [-0.3, -0.25) is 14.5 Å². The Morgan fingerprint density at radius 1 is 0.944 bits per heavy atom. The number of likely N-dealkylation sites (tertiary alicyclic amines) is 1. The lowest BCUT2D eigenvalue weighted by atomic mass is 9.94. The highest BCUT2D eigenvalue weighted by Gasteiger charge is 2.30. The molecule has 2 aromatic rings. The number of benzene rings is 2. The quantitative estimate of drug-likeness (QED) is 0.526. The Morgan fingerprint density at radius 3 is 2.25 bits per heavy atom. The summed E-state index contributed by atoms with van der Waals surface area (Å²) in [7, 11) is 0. The zero-order valence-electron chi connectivity index (χ0n) is 21.7. The molecule has 2 aliphatic heterocycles. The zero-order valence-corrected chi connectivity index (χ0v) is 22.4. The van der Waals surface area contributed by atoms with Gasteiger partial charge in [0.1, 0.15) is 0 Å². The highest BCUT2D eigenvalue weighted by molar-refractivity contribution is 6.30. The fourth-order valence-electron chi connectivity index (χ4n) is 5.25. The molecule has 7 heteroatoms. The van der Waals surface area contributed by atoms with E-state index in [0.29, 0.717) is 24.7 Å². The van der Waals surface area contributed by atoms with Crippen LogP contribution < -0.4 is 4.90 Å². The molecule has 36 heavy (non-hydrogen) atoms. The summed E-state index contributed by atoms with van der Waals surface area (Å²) in [4.78, 5) is 34.1. The maximum Gasteiger partial charge on any atom is 0.230 e. The lowest BCUT2D eigenvalue weighted by Crippen LogP contribution is -2.47. The van der Waals surface area contributed by atoms with Crippen LogP contribution in [0.2, 0.25) is 5.02 Å². The summed E-state index contributed by atoms with van der Waals surface area (Å²) >= 11 is 6.27. The molecule has 194 valence electrons. The lowest BCUT2D eigenvalue weighted by molar-refractivity contribution is -0.133. The van der Waals surface area contributed by atoms with Gasteiger partial charge in [-0.15, -0.1) is 0 Å². The maximum absolute atomic E-state index is 13.6. The summed E-state index contributed by atoms with van der Waals surface area (Å²) in [5.74, 6) is 0.194. The molecule has 0 atom stereocenters. The maximum atomic E-state index is 13.6. The number of halogens is 1. The average molecular weight is 511 g/mol. The van der Waals surface area contributed by atoms with Crippen LogP contribution in [-0.4, -0.2) is 78.9 Å². The van der Waals surface area contributed by atoms with Crippen molar-refractivity contribution in [3.63, 3.8) is 0 Å². The molecular formula is C29H39ClN4O2. The van der Waals surface area contributed by atoms with Crippen molar-refractivity contribution in [3.8, 4) is 0 Å². The van der Waals surface area contributed by atoms with Crippen molar-refractivity contribution in [2.24, 2.45) is 5.92 Å². The normalized spacial score (nSPS) is 17.8. The third kappa shape index (κ3) is 7.31. The van der Waals surface area contributed by atoms with Crippen LogP contribution in [0.5, 0.6) is 0 Å². The van der Waals surface area contributed by atoms with E-state index in [4.69, 9.17) is 11.6 Å². The third-order valence-corrected chi connectivity index (χ3v) is 7.76. The van der Waals surface area contributed by atoms with Crippen molar-refractivity contribution in [1.29, 1.82) is 0 Å².